The fourth-order valence-corrected chi connectivity index (χ4v) is 3.12. The van der Waals surface area contributed by atoms with Crippen molar-refractivity contribution in [1.82, 2.24) is 30.5 Å². The highest BCUT2D eigenvalue weighted by Crippen LogP contribution is 2.24. The third-order valence-electron chi connectivity index (χ3n) is 4.92. The maximum absolute atomic E-state index is 12.8. The number of carbonyl (C=O) groups is 2. The van der Waals surface area contributed by atoms with Crippen LogP contribution < -0.4 is 15.0 Å². The number of carbonyl (C=O) groups excluding carboxylic acids is 2. The van der Waals surface area contributed by atoms with E-state index in [0.29, 0.717) is 17.1 Å². The molecule has 32 heavy (non-hydrogen) atoms. The molecule has 1 saturated heterocycles. The molecular formula is C20H19F2N7O3. The lowest BCUT2D eigenvalue weighted by Gasteiger charge is -2.15. The second kappa shape index (κ2) is 7.94. The second-order valence-electron chi connectivity index (χ2n) is 7.64. The van der Waals surface area contributed by atoms with Gasteiger partial charge < -0.3 is 10.1 Å². The summed E-state index contributed by atoms with van der Waals surface area (Å²) in [6.07, 6.45) is -2.56. The average molecular weight is 443 g/mol. The largest absolute Gasteiger partial charge is 0.470 e. The van der Waals surface area contributed by atoms with Gasteiger partial charge in [0.25, 0.3) is 12.3 Å². The van der Waals surface area contributed by atoms with Crippen molar-refractivity contribution >= 4 is 17.8 Å². The topological polar surface area (TPSA) is 115 Å². The van der Waals surface area contributed by atoms with E-state index < -0.39 is 23.9 Å². The molecule has 12 heteroatoms. The molecule has 3 aromatic rings. The SMILES string of the molecule is Cc1nnn(-c2ccc(C(F)F)cc2)c1COc1ccc(N2C(=O)NC(C)(C)C2=O)nn1. The van der Waals surface area contributed by atoms with Crippen LogP contribution in [0.15, 0.2) is 36.4 Å². The molecule has 0 saturated carbocycles. The minimum absolute atomic E-state index is 0.0274. The number of nitrogens with zero attached hydrogens (tertiary/aromatic N) is 6. The minimum Gasteiger partial charge on any atom is -0.470 e. The Hall–Kier alpha value is -3.96. The van der Waals surface area contributed by atoms with Gasteiger partial charge in [0.2, 0.25) is 5.88 Å². The molecule has 2 aromatic heterocycles. The van der Waals surface area contributed by atoms with Gasteiger partial charge in [-0.05, 0) is 39.0 Å². The van der Waals surface area contributed by atoms with Crippen molar-refractivity contribution in [3.63, 3.8) is 0 Å². The van der Waals surface area contributed by atoms with E-state index in [0.717, 1.165) is 4.90 Å². The second-order valence-corrected chi connectivity index (χ2v) is 7.64. The van der Waals surface area contributed by atoms with Crippen LogP contribution in [0.2, 0.25) is 0 Å². The summed E-state index contributed by atoms with van der Waals surface area (Å²) < 4.78 is 32.7. The molecule has 0 atom stereocenters. The van der Waals surface area contributed by atoms with Gasteiger partial charge in [-0.1, -0.05) is 17.3 Å². The van der Waals surface area contributed by atoms with Crippen LogP contribution in [0.3, 0.4) is 0 Å². The Balaban J connectivity index is 1.48. The first kappa shape index (κ1) is 21.3. The van der Waals surface area contributed by atoms with Crippen LogP contribution in [-0.2, 0) is 11.4 Å². The number of rotatable bonds is 6. The highest BCUT2D eigenvalue weighted by atomic mass is 19.3. The monoisotopic (exact) mass is 443 g/mol. The molecule has 3 amide bonds. The first-order valence-electron chi connectivity index (χ1n) is 9.60. The molecule has 1 aliphatic rings. The number of aromatic nitrogens is 5. The molecule has 4 rings (SSSR count). The van der Waals surface area contributed by atoms with Gasteiger partial charge in [-0.2, -0.15) is 0 Å². The molecule has 166 valence electrons. The van der Waals surface area contributed by atoms with E-state index in [9.17, 15) is 18.4 Å². The first-order valence-corrected chi connectivity index (χ1v) is 9.60. The third kappa shape index (κ3) is 3.86. The Morgan fingerprint density at radius 1 is 1.06 bits per heavy atom. The van der Waals surface area contributed by atoms with E-state index in [4.69, 9.17) is 4.74 Å². The number of ether oxygens (including phenoxy) is 1. The van der Waals surface area contributed by atoms with Gasteiger partial charge in [0, 0.05) is 11.6 Å². The first-order chi connectivity index (χ1) is 15.2. The fraction of sp³-hybridized carbons (Fsp3) is 0.300. The van der Waals surface area contributed by atoms with Crippen molar-refractivity contribution in [2.45, 2.75) is 39.3 Å². The highest BCUT2D eigenvalue weighted by molar-refractivity contribution is 6.22. The van der Waals surface area contributed by atoms with Gasteiger partial charge in [-0.15, -0.1) is 15.3 Å². The zero-order chi connectivity index (χ0) is 23.0. The molecule has 1 N–H and O–H groups in total. The molecule has 10 nitrogen and oxygen atoms in total. The van der Waals surface area contributed by atoms with Crippen molar-refractivity contribution < 1.29 is 23.1 Å². The number of aryl methyl sites for hydroxylation is 1. The lowest BCUT2D eigenvalue weighted by Crippen LogP contribution is -2.40. The van der Waals surface area contributed by atoms with E-state index in [1.54, 1.807) is 20.8 Å². The number of urea groups is 1. The normalized spacial score (nSPS) is 15.4. The van der Waals surface area contributed by atoms with E-state index in [2.05, 4.69) is 25.8 Å². The number of benzene rings is 1. The molecule has 0 aliphatic carbocycles. The van der Waals surface area contributed by atoms with Crippen LogP contribution >= 0.6 is 0 Å². The van der Waals surface area contributed by atoms with Gasteiger partial charge in [0.05, 0.1) is 11.4 Å². The quantitative estimate of drug-likeness (QED) is 0.583. The number of amides is 3. The van der Waals surface area contributed by atoms with E-state index >= 15 is 0 Å². The molecule has 1 aliphatic heterocycles. The number of imide groups is 1. The maximum atomic E-state index is 12.8. The van der Waals surface area contributed by atoms with Crippen LogP contribution in [0.4, 0.5) is 19.4 Å². The van der Waals surface area contributed by atoms with E-state index in [1.165, 1.54) is 41.1 Å². The lowest BCUT2D eigenvalue weighted by atomic mass is 10.1. The molecule has 0 unspecified atom stereocenters. The number of hydrogen-bond acceptors (Lipinski definition) is 7. The van der Waals surface area contributed by atoms with Crippen molar-refractivity contribution in [1.29, 1.82) is 0 Å². The smallest absolute Gasteiger partial charge is 0.330 e. The summed E-state index contributed by atoms with van der Waals surface area (Å²) in [7, 11) is 0. The third-order valence-corrected chi connectivity index (χ3v) is 4.92. The number of halogens is 2. The Labute approximate surface area is 181 Å². The summed E-state index contributed by atoms with van der Waals surface area (Å²) in [6.45, 7) is 4.96. The predicted octanol–water partition coefficient (Wildman–Crippen LogP) is 2.72. The molecule has 1 aromatic carbocycles. The summed E-state index contributed by atoms with van der Waals surface area (Å²) in [5, 5.41) is 18.5. The lowest BCUT2D eigenvalue weighted by molar-refractivity contribution is -0.121. The molecule has 3 heterocycles. The zero-order valence-corrected chi connectivity index (χ0v) is 17.4. The van der Waals surface area contributed by atoms with E-state index in [-0.39, 0.29) is 23.9 Å². The maximum Gasteiger partial charge on any atom is 0.330 e. The Morgan fingerprint density at radius 2 is 1.78 bits per heavy atom. The molecule has 0 bridgehead atoms. The van der Waals surface area contributed by atoms with Crippen molar-refractivity contribution in [3.05, 3.63) is 53.3 Å². The summed E-state index contributed by atoms with van der Waals surface area (Å²) in [5.74, 6) is -0.207. The number of alkyl halides is 2. The highest BCUT2D eigenvalue weighted by Gasteiger charge is 2.45. The van der Waals surface area contributed by atoms with Crippen LogP contribution in [0, 0.1) is 6.92 Å². The Morgan fingerprint density at radius 3 is 2.34 bits per heavy atom. The standard InChI is InChI=1S/C20H19F2N7O3/c1-11-14(29(27-24-11)13-6-4-12(5-7-13)17(21)22)10-32-16-9-8-15(25-26-16)28-18(30)20(2,3)23-19(28)31/h4-9,17H,10H2,1-3H3,(H,23,31). The number of nitrogens with one attached hydrogen (secondary N) is 1. The van der Waals surface area contributed by atoms with Crippen LogP contribution in [0.1, 0.15) is 37.2 Å². The van der Waals surface area contributed by atoms with Crippen molar-refractivity contribution in [2.75, 3.05) is 4.90 Å². The summed E-state index contributed by atoms with van der Waals surface area (Å²) in [4.78, 5) is 25.3. The number of hydrogen-bond donors (Lipinski definition) is 1. The van der Waals surface area contributed by atoms with Gasteiger partial charge in [0.15, 0.2) is 5.82 Å². The fourth-order valence-electron chi connectivity index (χ4n) is 3.12. The molecule has 0 radical (unpaired) electrons. The number of anilines is 1. The average Bonchev–Trinajstić information content (AvgIpc) is 3.22. The summed E-state index contributed by atoms with van der Waals surface area (Å²) in [5.41, 5.74) is 0.624. The minimum atomic E-state index is -2.56. The predicted molar refractivity (Wildman–Crippen MR) is 108 cm³/mol. The van der Waals surface area contributed by atoms with Crippen LogP contribution in [-0.4, -0.2) is 42.7 Å². The Bertz CT molecular complexity index is 1160. The van der Waals surface area contributed by atoms with Gasteiger partial charge in [0.1, 0.15) is 17.8 Å². The molecule has 0 spiro atoms. The van der Waals surface area contributed by atoms with Gasteiger partial charge >= 0.3 is 6.03 Å². The van der Waals surface area contributed by atoms with Gasteiger partial charge in [-0.3, -0.25) is 4.79 Å². The summed E-state index contributed by atoms with van der Waals surface area (Å²) >= 11 is 0. The van der Waals surface area contributed by atoms with Crippen molar-refractivity contribution in [3.8, 4) is 11.6 Å². The van der Waals surface area contributed by atoms with Gasteiger partial charge in [-0.25, -0.2) is 23.2 Å². The molecular weight excluding hydrogens is 424 g/mol. The van der Waals surface area contributed by atoms with Crippen molar-refractivity contribution in [2.24, 2.45) is 0 Å². The summed E-state index contributed by atoms with van der Waals surface area (Å²) in [6, 6.07) is 8.04. The van der Waals surface area contributed by atoms with Crippen LogP contribution in [0.5, 0.6) is 5.88 Å². The molecule has 1 fully saturated rings. The Kier molecular flexibility index (Phi) is 5.28. The zero-order valence-electron chi connectivity index (χ0n) is 17.4. The van der Waals surface area contributed by atoms with Crippen LogP contribution in [0.25, 0.3) is 5.69 Å². The van der Waals surface area contributed by atoms with E-state index in [1.807, 2.05) is 0 Å².